The molecule has 158 valence electrons. The number of halogens is 2. The van der Waals surface area contributed by atoms with Gasteiger partial charge in [-0.05, 0) is 24.3 Å². The summed E-state index contributed by atoms with van der Waals surface area (Å²) in [5.74, 6) is -0.296. The van der Waals surface area contributed by atoms with Gasteiger partial charge in [0, 0.05) is 30.8 Å². The molecule has 1 saturated heterocycles. The van der Waals surface area contributed by atoms with E-state index in [0.29, 0.717) is 28.6 Å². The van der Waals surface area contributed by atoms with Crippen LogP contribution in [0.25, 0.3) is 33.5 Å². The van der Waals surface area contributed by atoms with Gasteiger partial charge in [0.2, 0.25) is 0 Å². The van der Waals surface area contributed by atoms with Crippen molar-refractivity contribution in [2.45, 2.75) is 6.54 Å². The van der Waals surface area contributed by atoms with Crippen molar-refractivity contribution in [3.63, 3.8) is 0 Å². The molecule has 6 nitrogen and oxygen atoms in total. The van der Waals surface area contributed by atoms with Gasteiger partial charge in [0.05, 0.1) is 30.2 Å². The summed E-state index contributed by atoms with van der Waals surface area (Å²) in [5, 5.41) is 14.9. The van der Waals surface area contributed by atoms with Gasteiger partial charge in [-0.2, -0.15) is 5.10 Å². The third kappa shape index (κ3) is 4.04. The summed E-state index contributed by atoms with van der Waals surface area (Å²) in [6.07, 6.45) is 0. The summed E-state index contributed by atoms with van der Waals surface area (Å²) in [6.45, 7) is 4.75. The van der Waals surface area contributed by atoms with Crippen LogP contribution in [0.4, 0.5) is 4.39 Å². The number of ether oxygens (including phenoxy) is 1. The first-order valence-electron chi connectivity index (χ1n) is 10.2. The number of nitrogens with zero attached hydrogens (tertiary/aromatic N) is 5. The predicted molar refractivity (Wildman–Crippen MR) is 118 cm³/mol. The minimum Gasteiger partial charge on any atom is -0.379 e. The van der Waals surface area contributed by atoms with Crippen LogP contribution in [-0.2, 0) is 11.3 Å². The molecular formula is C23H21ClFN5O. The van der Waals surface area contributed by atoms with E-state index < -0.39 is 0 Å². The largest absolute Gasteiger partial charge is 0.379 e. The first kappa shape index (κ1) is 20.1. The number of rotatable bonds is 5. The van der Waals surface area contributed by atoms with E-state index in [1.54, 1.807) is 12.1 Å². The zero-order valence-corrected chi connectivity index (χ0v) is 17.6. The van der Waals surface area contributed by atoms with Gasteiger partial charge in [0.1, 0.15) is 17.2 Å². The van der Waals surface area contributed by atoms with Crippen molar-refractivity contribution < 1.29 is 9.13 Å². The highest BCUT2D eigenvalue weighted by Crippen LogP contribution is 2.37. The van der Waals surface area contributed by atoms with E-state index in [0.717, 1.165) is 49.4 Å². The number of morpholine rings is 1. The molecule has 2 aromatic carbocycles. The van der Waals surface area contributed by atoms with Crippen molar-refractivity contribution in [2.75, 3.05) is 32.8 Å². The predicted octanol–water partition coefficient (Wildman–Crippen LogP) is 4.29. The van der Waals surface area contributed by atoms with Crippen LogP contribution in [0.3, 0.4) is 0 Å². The van der Waals surface area contributed by atoms with Crippen molar-refractivity contribution in [2.24, 2.45) is 0 Å². The number of hydrogen-bond donors (Lipinski definition) is 0. The van der Waals surface area contributed by atoms with Gasteiger partial charge in [0.15, 0.2) is 5.65 Å². The van der Waals surface area contributed by atoms with Gasteiger partial charge in [-0.25, -0.2) is 9.07 Å². The van der Waals surface area contributed by atoms with Crippen molar-refractivity contribution in [1.82, 2.24) is 24.9 Å². The maximum atomic E-state index is 13.5. The van der Waals surface area contributed by atoms with E-state index in [1.165, 1.54) is 12.1 Å². The Morgan fingerprint density at radius 3 is 2.32 bits per heavy atom. The summed E-state index contributed by atoms with van der Waals surface area (Å²) >= 11 is 6.87. The average molecular weight is 438 g/mol. The van der Waals surface area contributed by atoms with Crippen LogP contribution in [0.1, 0.15) is 0 Å². The van der Waals surface area contributed by atoms with Crippen LogP contribution in [-0.4, -0.2) is 57.7 Å². The van der Waals surface area contributed by atoms with Gasteiger partial charge < -0.3 is 4.74 Å². The molecule has 1 aliphatic heterocycles. The van der Waals surface area contributed by atoms with Crippen LogP contribution >= 0.6 is 11.6 Å². The second kappa shape index (κ2) is 8.70. The topological polar surface area (TPSA) is 56.1 Å². The molecule has 0 radical (unpaired) electrons. The lowest BCUT2D eigenvalue weighted by Gasteiger charge is -2.26. The molecule has 0 saturated carbocycles. The number of benzene rings is 2. The highest BCUT2D eigenvalue weighted by molar-refractivity contribution is 6.38. The Labute approximate surface area is 184 Å². The molecule has 31 heavy (non-hydrogen) atoms. The van der Waals surface area contributed by atoms with Crippen LogP contribution in [0.15, 0.2) is 54.6 Å². The van der Waals surface area contributed by atoms with E-state index in [4.69, 9.17) is 21.4 Å². The van der Waals surface area contributed by atoms with E-state index in [1.807, 2.05) is 35.0 Å². The highest BCUT2D eigenvalue weighted by atomic mass is 35.5. The molecule has 0 atom stereocenters. The molecule has 8 heteroatoms. The van der Waals surface area contributed by atoms with Crippen molar-refractivity contribution in [1.29, 1.82) is 0 Å². The van der Waals surface area contributed by atoms with Gasteiger partial charge in [0.25, 0.3) is 0 Å². The Balaban J connectivity index is 1.60. The fourth-order valence-electron chi connectivity index (χ4n) is 3.82. The number of hydrogen-bond acceptors (Lipinski definition) is 5. The molecule has 4 aromatic rings. The normalized spacial score (nSPS) is 14.9. The van der Waals surface area contributed by atoms with Crippen molar-refractivity contribution in [3.05, 3.63) is 65.4 Å². The maximum Gasteiger partial charge on any atom is 0.182 e. The summed E-state index contributed by atoms with van der Waals surface area (Å²) < 4.78 is 20.8. The fourth-order valence-corrected chi connectivity index (χ4v) is 4.14. The Morgan fingerprint density at radius 1 is 0.871 bits per heavy atom. The van der Waals surface area contributed by atoms with Gasteiger partial charge >= 0.3 is 0 Å². The molecular weight excluding hydrogens is 417 g/mol. The minimum absolute atomic E-state index is 0.296. The van der Waals surface area contributed by atoms with Crippen molar-refractivity contribution in [3.8, 4) is 22.5 Å². The smallest absolute Gasteiger partial charge is 0.182 e. The molecule has 0 bridgehead atoms. The van der Waals surface area contributed by atoms with Gasteiger partial charge in [-0.15, -0.1) is 10.2 Å². The fraction of sp³-hybridized carbons (Fsp3) is 0.261. The summed E-state index contributed by atoms with van der Waals surface area (Å²) in [6, 6.07) is 16.0. The first-order chi connectivity index (χ1) is 15.2. The number of aromatic nitrogens is 4. The third-order valence-corrected chi connectivity index (χ3v) is 5.86. The Bertz CT molecular complexity index is 1190. The summed E-state index contributed by atoms with van der Waals surface area (Å²) in [7, 11) is 0. The molecule has 0 aliphatic carbocycles. The molecule has 2 aromatic heterocycles. The van der Waals surface area contributed by atoms with E-state index in [2.05, 4.69) is 15.1 Å². The molecule has 1 fully saturated rings. The standard InChI is InChI=1S/C23H21ClFN5O/c24-20-19-21(17-6-8-18(25)9-7-17)28-30(11-10-29-12-14-31-15-13-29)23(19)27-26-22(20)16-4-2-1-3-5-16/h1-9H,10-15H2. The zero-order valence-electron chi connectivity index (χ0n) is 16.8. The Kier molecular flexibility index (Phi) is 5.63. The van der Waals surface area contributed by atoms with Crippen LogP contribution in [0.5, 0.6) is 0 Å². The lowest BCUT2D eigenvalue weighted by Crippen LogP contribution is -2.38. The third-order valence-electron chi connectivity index (χ3n) is 5.49. The van der Waals surface area contributed by atoms with Crippen molar-refractivity contribution >= 4 is 22.6 Å². The first-order valence-corrected chi connectivity index (χ1v) is 10.6. The quantitative estimate of drug-likeness (QED) is 0.466. The molecule has 0 N–H and O–H groups in total. The lowest BCUT2D eigenvalue weighted by molar-refractivity contribution is 0.0361. The zero-order chi connectivity index (χ0) is 21.2. The lowest BCUT2D eigenvalue weighted by atomic mass is 10.1. The maximum absolute atomic E-state index is 13.5. The summed E-state index contributed by atoms with van der Waals surface area (Å²) in [5.41, 5.74) is 3.57. The Hall–Kier alpha value is -2.87. The SMILES string of the molecule is Fc1ccc(-c2nn(CCN3CCOCC3)c3nnc(-c4ccccc4)c(Cl)c23)cc1. The second-order valence-electron chi connectivity index (χ2n) is 7.46. The van der Waals surface area contributed by atoms with E-state index in [-0.39, 0.29) is 5.82 Å². The summed E-state index contributed by atoms with van der Waals surface area (Å²) in [4.78, 5) is 2.34. The molecule has 5 rings (SSSR count). The van der Waals surface area contributed by atoms with E-state index >= 15 is 0 Å². The average Bonchev–Trinajstić information content (AvgIpc) is 3.19. The molecule has 1 aliphatic rings. The minimum atomic E-state index is -0.296. The molecule has 0 unspecified atom stereocenters. The Morgan fingerprint density at radius 2 is 1.58 bits per heavy atom. The number of fused-ring (bicyclic) bond motifs is 1. The molecule has 0 spiro atoms. The van der Waals surface area contributed by atoms with Gasteiger partial charge in [-0.3, -0.25) is 4.90 Å². The monoisotopic (exact) mass is 437 g/mol. The van der Waals surface area contributed by atoms with Crippen LogP contribution in [0, 0.1) is 5.82 Å². The van der Waals surface area contributed by atoms with Gasteiger partial charge in [-0.1, -0.05) is 41.9 Å². The van der Waals surface area contributed by atoms with E-state index in [9.17, 15) is 4.39 Å². The second-order valence-corrected chi connectivity index (χ2v) is 7.84. The van der Waals surface area contributed by atoms with Crippen LogP contribution in [0.2, 0.25) is 5.02 Å². The molecule has 0 amide bonds. The van der Waals surface area contributed by atoms with Crippen LogP contribution < -0.4 is 0 Å². The molecule has 3 heterocycles. The highest BCUT2D eigenvalue weighted by Gasteiger charge is 2.21.